The van der Waals surface area contributed by atoms with Crippen LogP contribution in [-0.4, -0.2) is 26.2 Å². The van der Waals surface area contributed by atoms with E-state index < -0.39 is 0 Å². The minimum Gasteiger partial charge on any atom is -0.320 e. The molecule has 0 aliphatic carbocycles. The lowest BCUT2D eigenvalue weighted by atomic mass is 10.0. The van der Waals surface area contributed by atoms with Crippen molar-refractivity contribution in [3.8, 4) is 0 Å². The van der Waals surface area contributed by atoms with Gasteiger partial charge in [-0.25, -0.2) is 0 Å². The summed E-state index contributed by atoms with van der Waals surface area (Å²) in [5, 5.41) is 6.71. The van der Waals surface area contributed by atoms with E-state index in [4.69, 9.17) is 0 Å². The highest BCUT2D eigenvalue weighted by Crippen LogP contribution is 2.15. The van der Waals surface area contributed by atoms with E-state index in [-0.39, 0.29) is 0 Å². The maximum absolute atomic E-state index is 3.54. The summed E-state index contributed by atoms with van der Waals surface area (Å²) in [4.78, 5) is 0. The first-order valence-electron chi connectivity index (χ1n) is 4.71. The van der Waals surface area contributed by atoms with Gasteiger partial charge in [0.25, 0.3) is 0 Å². The topological polar surface area (TPSA) is 24.1 Å². The Morgan fingerprint density at radius 2 is 2.36 bits per heavy atom. The molecule has 1 aliphatic heterocycles. The lowest BCUT2D eigenvalue weighted by Gasteiger charge is -2.08. The molecule has 2 heteroatoms. The molecule has 1 fully saturated rings. The molecule has 2 atom stereocenters. The van der Waals surface area contributed by atoms with Crippen LogP contribution in [0.25, 0.3) is 0 Å². The first kappa shape index (κ1) is 9.01. The first-order valence-corrected chi connectivity index (χ1v) is 4.71. The normalized spacial score (nSPS) is 31.1. The SMILES string of the molecule is CNCCCC1CC(C)CN1. The molecule has 1 aliphatic rings. The predicted octanol–water partition coefficient (Wildman–Crippen LogP) is 0.984. The van der Waals surface area contributed by atoms with Crippen LogP contribution in [0.3, 0.4) is 0 Å². The summed E-state index contributed by atoms with van der Waals surface area (Å²) < 4.78 is 0. The summed E-state index contributed by atoms with van der Waals surface area (Å²) in [7, 11) is 2.02. The second-order valence-corrected chi connectivity index (χ2v) is 3.69. The molecule has 1 saturated heterocycles. The molecular weight excluding hydrogens is 136 g/mol. The van der Waals surface area contributed by atoms with Gasteiger partial charge in [-0.15, -0.1) is 0 Å². The van der Waals surface area contributed by atoms with Crippen LogP contribution in [0.1, 0.15) is 26.2 Å². The summed E-state index contributed by atoms with van der Waals surface area (Å²) in [6.07, 6.45) is 4.02. The Morgan fingerprint density at radius 1 is 1.55 bits per heavy atom. The summed E-state index contributed by atoms with van der Waals surface area (Å²) in [5.41, 5.74) is 0. The van der Waals surface area contributed by atoms with E-state index >= 15 is 0 Å². The van der Waals surface area contributed by atoms with E-state index in [9.17, 15) is 0 Å². The largest absolute Gasteiger partial charge is 0.320 e. The van der Waals surface area contributed by atoms with Gasteiger partial charge in [-0.05, 0) is 45.3 Å². The van der Waals surface area contributed by atoms with E-state index in [1.54, 1.807) is 0 Å². The molecule has 1 rings (SSSR count). The molecule has 0 radical (unpaired) electrons. The number of nitrogens with one attached hydrogen (secondary N) is 2. The van der Waals surface area contributed by atoms with E-state index in [0.29, 0.717) is 0 Å². The molecule has 2 unspecified atom stereocenters. The number of hydrogen-bond acceptors (Lipinski definition) is 2. The molecule has 2 nitrogen and oxygen atoms in total. The quantitative estimate of drug-likeness (QED) is 0.593. The Bertz CT molecular complexity index is 104. The van der Waals surface area contributed by atoms with Crippen LogP contribution in [0.2, 0.25) is 0 Å². The fourth-order valence-electron chi connectivity index (χ4n) is 1.77. The minimum atomic E-state index is 0.804. The number of hydrogen-bond donors (Lipinski definition) is 2. The smallest absolute Gasteiger partial charge is 0.00706 e. The summed E-state index contributed by atoms with van der Waals surface area (Å²) in [6, 6.07) is 0.804. The fourth-order valence-corrected chi connectivity index (χ4v) is 1.77. The maximum atomic E-state index is 3.54. The van der Waals surface area contributed by atoms with E-state index in [2.05, 4.69) is 17.6 Å². The van der Waals surface area contributed by atoms with Crippen LogP contribution in [-0.2, 0) is 0 Å². The van der Waals surface area contributed by atoms with Crippen molar-refractivity contribution in [2.45, 2.75) is 32.2 Å². The average molecular weight is 156 g/mol. The van der Waals surface area contributed by atoms with Crippen molar-refractivity contribution in [1.29, 1.82) is 0 Å². The van der Waals surface area contributed by atoms with Gasteiger partial charge in [0.05, 0.1) is 0 Å². The Labute approximate surface area is 69.8 Å². The standard InChI is InChI=1S/C9H20N2/c1-8-6-9(11-7-8)4-3-5-10-2/h8-11H,3-7H2,1-2H3. The van der Waals surface area contributed by atoms with Crippen molar-refractivity contribution >= 4 is 0 Å². The van der Waals surface area contributed by atoms with Gasteiger partial charge in [0, 0.05) is 6.04 Å². The lowest BCUT2D eigenvalue weighted by molar-refractivity contribution is 0.516. The predicted molar refractivity (Wildman–Crippen MR) is 48.7 cm³/mol. The summed E-state index contributed by atoms with van der Waals surface area (Å²) in [5.74, 6) is 0.898. The van der Waals surface area contributed by atoms with Gasteiger partial charge in [0.1, 0.15) is 0 Å². The molecular formula is C9H20N2. The fraction of sp³-hybridized carbons (Fsp3) is 1.00. The highest BCUT2D eigenvalue weighted by molar-refractivity contribution is 4.78. The monoisotopic (exact) mass is 156 g/mol. The van der Waals surface area contributed by atoms with Gasteiger partial charge in [0.15, 0.2) is 0 Å². The van der Waals surface area contributed by atoms with Crippen molar-refractivity contribution < 1.29 is 0 Å². The average Bonchev–Trinajstić information content (AvgIpc) is 2.37. The van der Waals surface area contributed by atoms with Crippen molar-refractivity contribution in [3.05, 3.63) is 0 Å². The van der Waals surface area contributed by atoms with Crippen LogP contribution in [0.4, 0.5) is 0 Å². The summed E-state index contributed by atoms with van der Waals surface area (Å²) in [6.45, 7) is 4.71. The van der Waals surface area contributed by atoms with Crippen LogP contribution in [0.15, 0.2) is 0 Å². The molecule has 0 spiro atoms. The van der Waals surface area contributed by atoms with Crippen molar-refractivity contribution in [2.75, 3.05) is 20.1 Å². The third kappa shape index (κ3) is 3.21. The van der Waals surface area contributed by atoms with Crippen molar-refractivity contribution in [1.82, 2.24) is 10.6 Å². The molecule has 0 bridgehead atoms. The molecule has 2 N–H and O–H groups in total. The van der Waals surface area contributed by atoms with E-state index in [1.165, 1.54) is 25.8 Å². The Morgan fingerprint density at radius 3 is 2.91 bits per heavy atom. The molecule has 11 heavy (non-hydrogen) atoms. The van der Waals surface area contributed by atoms with Gasteiger partial charge < -0.3 is 10.6 Å². The zero-order valence-electron chi connectivity index (χ0n) is 7.69. The van der Waals surface area contributed by atoms with Gasteiger partial charge in [-0.2, -0.15) is 0 Å². The van der Waals surface area contributed by atoms with Crippen LogP contribution >= 0.6 is 0 Å². The lowest BCUT2D eigenvalue weighted by Crippen LogP contribution is -2.22. The van der Waals surface area contributed by atoms with Crippen molar-refractivity contribution in [2.24, 2.45) is 5.92 Å². The molecule has 0 amide bonds. The van der Waals surface area contributed by atoms with Gasteiger partial charge in [0.2, 0.25) is 0 Å². The molecule has 0 aromatic carbocycles. The second kappa shape index (κ2) is 4.73. The Hall–Kier alpha value is -0.0800. The van der Waals surface area contributed by atoms with Gasteiger partial charge in [-0.3, -0.25) is 0 Å². The van der Waals surface area contributed by atoms with Crippen LogP contribution < -0.4 is 10.6 Å². The highest BCUT2D eigenvalue weighted by atomic mass is 14.9. The van der Waals surface area contributed by atoms with Gasteiger partial charge in [-0.1, -0.05) is 6.92 Å². The second-order valence-electron chi connectivity index (χ2n) is 3.69. The van der Waals surface area contributed by atoms with Crippen molar-refractivity contribution in [3.63, 3.8) is 0 Å². The zero-order chi connectivity index (χ0) is 8.10. The molecule has 0 aromatic rings. The molecule has 0 saturated carbocycles. The van der Waals surface area contributed by atoms with Gasteiger partial charge >= 0.3 is 0 Å². The number of rotatable bonds is 4. The third-order valence-corrected chi connectivity index (χ3v) is 2.42. The van der Waals surface area contributed by atoms with Crippen LogP contribution in [0, 0.1) is 5.92 Å². The zero-order valence-corrected chi connectivity index (χ0v) is 7.69. The molecule has 1 heterocycles. The molecule has 66 valence electrons. The van der Waals surface area contributed by atoms with E-state index in [0.717, 1.165) is 18.5 Å². The minimum absolute atomic E-state index is 0.804. The third-order valence-electron chi connectivity index (χ3n) is 2.42. The van der Waals surface area contributed by atoms with Crippen LogP contribution in [0.5, 0.6) is 0 Å². The highest BCUT2D eigenvalue weighted by Gasteiger charge is 2.19. The Balaban J connectivity index is 1.99. The first-order chi connectivity index (χ1) is 5.33. The summed E-state index contributed by atoms with van der Waals surface area (Å²) >= 11 is 0. The molecule has 0 aromatic heterocycles. The van der Waals surface area contributed by atoms with E-state index in [1.807, 2.05) is 7.05 Å². The Kier molecular flexibility index (Phi) is 3.87. The maximum Gasteiger partial charge on any atom is 0.00706 e.